The van der Waals surface area contributed by atoms with Crippen LogP contribution in [0.25, 0.3) is 11.5 Å². The van der Waals surface area contributed by atoms with Crippen LogP contribution in [0.2, 0.25) is 0 Å². The Kier molecular flexibility index (Phi) is 7.42. The lowest BCUT2D eigenvalue weighted by Gasteiger charge is -2.43. The Morgan fingerprint density at radius 1 is 0.881 bits per heavy atom. The molecule has 2 atom stereocenters. The quantitative estimate of drug-likeness (QED) is 0.319. The zero-order chi connectivity index (χ0) is 29.3. The highest BCUT2D eigenvalue weighted by molar-refractivity contribution is 5.81. The van der Waals surface area contributed by atoms with Crippen molar-refractivity contribution in [1.29, 1.82) is 0 Å². The highest BCUT2D eigenvalue weighted by atomic mass is 16.2. The molecule has 1 aromatic heterocycles. The average Bonchev–Trinajstić information content (AvgIpc) is 3.68. The van der Waals surface area contributed by atoms with Crippen LogP contribution in [0.15, 0.2) is 79.5 Å². The molecule has 3 aliphatic rings. The fourth-order valence-corrected chi connectivity index (χ4v) is 5.76. The molecule has 6 rings (SSSR count). The third-order valence-corrected chi connectivity index (χ3v) is 7.82. The van der Waals surface area contributed by atoms with Gasteiger partial charge in [-0.3, -0.25) is 9.69 Å². The number of nitrogens with two attached hydrogens (primary N) is 1. The number of nitrogen functional groups attached to an aromatic ring is 1. The summed E-state index contributed by atoms with van der Waals surface area (Å²) in [6.45, 7) is 9.25. The summed E-state index contributed by atoms with van der Waals surface area (Å²) >= 11 is 0. The van der Waals surface area contributed by atoms with Crippen LogP contribution < -0.4 is 5.73 Å². The largest absolute Gasteiger partial charge is 0.382 e. The second kappa shape index (κ2) is 11.3. The monoisotopic (exact) mass is 564 g/mol. The number of fused-ring (bicyclic) bond motifs is 1. The van der Waals surface area contributed by atoms with Gasteiger partial charge in [0.2, 0.25) is 5.91 Å². The number of benzene rings is 2. The maximum atomic E-state index is 13.0. The summed E-state index contributed by atoms with van der Waals surface area (Å²) in [5.74, 6) is 1.19. The van der Waals surface area contributed by atoms with E-state index in [0.29, 0.717) is 37.0 Å². The van der Waals surface area contributed by atoms with Gasteiger partial charge < -0.3 is 15.2 Å². The van der Waals surface area contributed by atoms with Crippen molar-refractivity contribution in [3.8, 4) is 11.5 Å². The highest BCUT2D eigenvalue weighted by Gasteiger charge is 2.37. The van der Waals surface area contributed by atoms with Gasteiger partial charge in [0.25, 0.3) is 0 Å². The van der Waals surface area contributed by atoms with E-state index in [-0.39, 0.29) is 18.0 Å². The molecule has 216 valence electrons. The number of aromatic nitrogens is 7. The van der Waals surface area contributed by atoms with Gasteiger partial charge in [0, 0.05) is 31.6 Å². The number of carbonyl (C=O) groups excluding carboxylic acids is 1. The van der Waals surface area contributed by atoms with E-state index in [0.717, 1.165) is 24.3 Å². The second-order valence-corrected chi connectivity index (χ2v) is 11.8. The second-order valence-electron chi connectivity index (χ2n) is 11.8. The number of nitrogens with zero attached hydrogens (tertiary/aromatic N) is 9. The van der Waals surface area contributed by atoms with Gasteiger partial charge in [-0.2, -0.15) is 0 Å². The smallest absolute Gasteiger partial charge is 0.228 e. The third kappa shape index (κ3) is 5.47. The summed E-state index contributed by atoms with van der Waals surface area (Å²) in [5, 5.41) is 9.24. The summed E-state index contributed by atoms with van der Waals surface area (Å²) in [4.78, 5) is 30.4. The first kappa shape index (κ1) is 27.5. The molecule has 0 saturated carbocycles. The standard InChI is InChI=1S/C31H36N10O/c1-31(2,3)30(42)39-16-14-38(15-17-39)26(22-10-6-4-7-11-22)27(23-12-8-5-9-13-23)41-19-24(36-37-41)18-40-21-35-28(32)25-29(40)34-20-33-25/h4-13,19-21,26-27H,14-18,32H2,1-3H3/t26-,27+/m0/s1. The number of anilines is 1. The molecule has 3 aromatic rings. The molecular formula is C31H36N10O. The van der Waals surface area contributed by atoms with Crippen LogP contribution >= 0.6 is 0 Å². The van der Waals surface area contributed by atoms with E-state index in [1.165, 1.54) is 11.9 Å². The molecular weight excluding hydrogens is 528 g/mol. The third-order valence-electron chi connectivity index (χ3n) is 7.82. The van der Waals surface area contributed by atoms with E-state index in [4.69, 9.17) is 5.73 Å². The van der Waals surface area contributed by atoms with E-state index in [9.17, 15) is 4.79 Å². The van der Waals surface area contributed by atoms with Crippen molar-refractivity contribution < 1.29 is 4.79 Å². The lowest BCUT2D eigenvalue weighted by Crippen LogP contribution is -2.53. The Morgan fingerprint density at radius 2 is 1.52 bits per heavy atom. The van der Waals surface area contributed by atoms with Gasteiger partial charge in [0.15, 0.2) is 11.6 Å². The van der Waals surface area contributed by atoms with Crippen molar-refractivity contribution in [2.24, 2.45) is 5.41 Å². The van der Waals surface area contributed by atoms with Crippen LogP contribution in [-0.4, -0.2) is 76.4 Å². The van der Waals surface area contributed by atoms with Crippen LogP contribution in [0.5, 0.6) is 0 Å². The zero-order valence-electron chi connectivity index (χ0n) is 24.2. The fraction of sp³-hybridized carbons (Fsp3) is 0.355. The summed E-state index contributed by atoms with van der Waals surface area (Å²) in [6.07, 6.45) is 5.14. The number of carbonyl (C=O) groups is 1. The van der Waals surface area contributed by atoms with Gasteiger partial charge in [0.1, 0.15) is 17.7 Å². The van der Waals surface area contributed by atoms with Crippen LogP contribution in [-0.2, 0) is 11.3 Å². The molecule has 0 unspecified atom stereocenters. The molecule has 0 bridgehead atoms. The maximum Gasteiger partial charge on any atom is 0.228 e. The van der Waals surface area contributed by atoms with Crippen molar-refractivity contribution in [3.63, 3.8) is 0 Å². The lowest BCUT2D eigenvalue weighted by molar-refractivity contribution is -0.141. The summed E-state index contributed by atoms with van der Waals surface area (Å²) in [7, 11) is 0. The molecule has 11 heteroatoms. The van der Waals surface area contributed by atoms with E-state index in [1.54, 1.807) is 6.33 Å². The van der Waals surface area contributed by atoms with Gasteiger partial charge in [-0.15, -0.1) is 5.10 Å². The molecule has 1 fully saturated rings. The Balaban J connectivity index is 1.35. The average molecular weight is 565 g/mol. The highest BCUT2D eigenvalue weighted by Crippen LogP contribution is 2.38. The number of hydrogen-bond donors (Lipinski definition) is 1. The van der Waals surface area contributed by atoms with Crippen LogP contribution in [0, 0.1) is 5.41 Å². The van der Waals surface area contributed by atoms with Crippen molar-refractivity contribution in [2.75, 3.05) is 31.9 Å². The maximum absolute atomic E-state index is 13.0. The first-order chi connectivity index (χ1) is 20.3. The van der Waals surface area contributed by atoms with E-state index >= 15 is 0 Å². The first-order valence-electron chi connectivity index (χ1n) is 14.2. The van der Waals surface area contributed by atoms with Crippen molar-refractivity contribution >= 4 is 11.7 Å². The van der Waals surface area contributed by atoms with Crippen LogP contribution in [0.1, 0.15) is 49.7 Å². The predicted octanol–water partition coefficient (Wildman–Crippen LogP) is 3.52. The minimum Gasteiger partial charge on any atom is -0.382 e. The zero-order valence-corrected chi connectivity index (χ0v) is 24.2. The van der Waals surface area contributed by atoms with E-state index < -0.39 is 5.41 Å². The van der Waals surface area contributed by atoms with Crippen molar-refractivity contribution in [3.05, 3.63) is 96.3 Å². The topological polar surface area (TPSA) is 124 Å². The first-order valence-corrected chi connectivity index (χ1v) is 14.2. The van der Waals surface area contributed by atoms with Gasteiger partial charge in [0.05, 0.1) is 31.2 Å². The van der Waals surface area contributed by atoms with Gasteiger partial charge in [-0.25, -0.2) is 19.6 Å². The van der Waals surface area contributed by atoms with Gasteiger partial charge >= 0.3 is 0 Å². The van der Waals surface area contributed by atoms with Gasteiger partial charge in [-0.1, -0.05) is 86.6 Å². The SMILES string of the molecule is CC(C)(C)C(=O)N1CCN([C@@H](c2ccccc2)[C@@H](c2ccccc2)n2cc(Cn3cnc(N)c4ncnc3-4)nn2)CC1. The molecule has 3 aliphatic heterocycles. The fourth-order valence-electron chi connectivity index (χ4n) is 5.76. The normalized spacial score (nSPS) is 16.0. The molecule has 1 amide bonds. The molecule has 11 nitrogen and oxygen atoms in total. The minimum absolute atomic E-state index is 0.0338. The number of imidazole rings is 1. The molecule has 0 spiro atoms. The summed E-state index contributed by atoms with van der Waals surface area (Å²) in [6, 6.07) is 20.8. The summed E-state index contributed by atoms with van der Waals surface area (Å²) < 4.78 is 3.85. The van der Waals surface area contributed by atoms with Crippen LogP contribution in [0.4, 0.5) is 5.82 Å². The molecule has 2 N–H and O–H groups in total. The Labute approximate surface area is 245 Å². The van der Waals surface area contributed by atoms with E-state index in [1.807, 2.05) is 53.2 Å². The Hall–Kier alpha value is -4.64. The lowest BCUT2D eigenvalue weighted by atomic mass is 9.91. The molecule has 0 aliphatic carbocycles. The number of hydrogen-bond acceptors (Lipinski definition) is 8. The van der Waals surface area contributed by atoms with Gasteiger partial charge in [-0.05, 0) is 11.1 Å². The molecule has 4 heterocycles. The molecule has 0 radical (unpaired) electrons. The Bertz CT molecular complexity index is 1600. The molecule has 2 aromatic carbocycles. The molecule has 42 heavy (non-hydrogen) atoms. The summed E-state index contributed by atoms with van der Waals surface area (Å²) in [5.41, 5.74) is 9.24. The number of rotatable bonds is 7. The van der Waals surface area contributed by atoms with Crippen molar-refractivity contribution in [1.82, 2.24) is 44.3 Å². The number of amides is 1. The predicted molar refractivity (Wildman–Crippen MR) is 159 cm³/mol. The number of piperazine rings is 1. The minimum atomic E-state index is -0.401. The Morgan fingerprint density at radius 3 is 2.17 bits per heavy atom. The van der Waals surface area contributed by atoms with E-state index in [2.05, 4.69) is 78.7 Å². The molecule has 1 saturated heterocycles. The van der Waals surface area contributed by atoms with Crippen LogP contribution in [0.3, 0.4) is 0 Å². The van der Waals surface area contributed by atoms with Crippen molar-refractivity contribution in [2.45, 2.75) is 39.4 Å².